The highest BCUT2D eigenvalue weighted by atomic mass is 19.1. The van der Waals surface area contributed by atoms with Gasteiger partial charge in [0.1, 0.15) is 16.8 Å². The number of morpholine rings is 1. The topological polar surface area (TPSA) is 102 Å². The van der Waals surface area contributed by atoms with Gasteiger partial charge in [-0.15, -0.1) is 0 Å². The van der Waals surface area contributed by atoms with Crippen molar-refractivity contribution in [3.63, 3.8) is 0 Å². The molecule has 9 nitrogen and oxygen atoms in total. The van der Waals surface area contributed by atoms with Gasteiger partial charge in [-0.05, 0) is 36.9 Å². The van der Waals surface area contributed by atoms with Crippen molar-refractivity contribution in [2.45, 2.75) is 18.9 Å². The Morgan fingerprint density at radius 2 is 1.90 bits per heavy atom. The van der Waals surface area contributed by atoms with E-state index in [9.17, 15) is 9.59 Å². The zero-order valence-electron chi connectivity index (χ0n) is 22.7. The first kappa shape index (κ1) is 25.9. The molecule has 3 aromatic carbocycles. The highest BCUT2D eigenvalue weighted by molar-refractivity contribution is 6.03. The third-order valence-corrected chi connectivity index (χ3v) is 8.32. The van der Waals surface area contributed by atoms with Gasteiger partial charge in [-0.3, -0.25) is 14.5 Å². The standard InChI is InChI=1S/C31H32FN5O4/c32-24-16-22-26-30(27(24)36-11-8-20(33)17-36)41-29-21-5-2-1-4-19(21)6-7-25(29)37(26)18-23(28(22)38)31(39)34-9-3-10-35-12-14-40-15-13-35/h1-2,4-7,16,18,20H,3,8-15,17,33H2,(H,34,39)/t20-/m1/s1. The van der Waals surface area contributed by atoms with Crippen molar-refractivity contribution in [2.24, 2.45) is 5.73 Å². The van der Waals surface area contributed by atoms with Crippen molar-refractivity contribution < 1.29 is 18.7 Å². The van der Waals surface area contributed by atoms with E-state index in [-0.39, 0.29) is 28.4 Å². The number of anilines is 1. The summed E-state index contributed by atoms with van der Waals surface area (Å²) in [6.45, 7) is 5.50. The van der Waals surface area contributed by atoms with Gasteiger partial charge in [0.25, 0.3) is 5.91 Å². The van der Waals surface area contributed by atoms with Crippen molar-refractivity contribution in [2.75, 3.05) is 57.4 Å². The van der Waals surface area contributed by atoms with Crippen LogP contribution in [-0.2, 0) is 4.74 Å². The first-order chi connectivity index (χ1) is 20.0. The minimum atomic E-state index is -0.572. The second-order valence-electron chi connectivity index (χ2n) is 11.0. The minimum Gasteiger partial charge on any atom is -0.450 e. The van der Waals surface area contributed by atoms with E-state index in [1.165, 1.54) is 6.07 Å². The number of benzene rings is 3. The number of fused-ring (bicyclic) bond motifs is 4. The number of hydrogen-bond donors (Lipinski definition) is 2. The molecule has 10 heteroatoms. The van der Waals surface area contributed by atoms with Crippen molar-refractivity contribution in [1.82, 2.24) is 14.8 Å². The van der Waals surface area contributed by atoms with Crippen LogP contribution in [0.3, 0.4) is 0 Å². The van der Waals surface area contributed by atoms with E-state index in [0.29, 0.717) is 49.8 Å². The molecule has 7 rings (SSSR count). The van der Waals surface area contributed by atoms with E-state index < -0.39 is 17.2 Å². The summed E-state index contributed by atoms with van der Waals surface area (Å²) in [4.78, 5) is 31.2. The number of pyridine rings is 1. The summed E-state index contributed by atoms with van der Waals surface area (Å²) in [6.07, 6.45) is 3.04. The first-order valence-electron chi connectivity index (χ1n) is 14.2. The van der Waals surface area contributed by atoms with Crippen LogP contribution >= 0.6 is 0 Å². The Morgan fingerprint density at radius 1 is 1.07 bits per heavy atom. The molecule has 212 valence electrons. The molecule has 0 bridgehead atoms. The van der Waals surface area contributed by atoms with E-state index in [1.54, 1.807) is 10.8 Å². The molecule has 1 amide bonds. The zero-order chi connectivity index (χ0) is 28.1. The summed E-state index contributed by atoms with van der Waals surface area (Å²) in [7, 11) is 0. The van der Waals surface area contributed by atoms with Gasteiger partial charge in [0.2, 0.25) is 5.43 Å². The number of carbonyl (C=O) groups excluding carboxylic acids is 1. The Morgan fingerprint density at radius 3 is 2.71 bits per heavy atom. The fraction of sp³-hybridized carbons (Fsp3) is 0.355. The summed E-state index contributed by atoms with van der Waals surface area (Å²) in [5, 5.41) is 4.82. The van der Waals surface area contributed by atoms with E-state index in [0.717, 1.165) is 43.2 Å². The van der Waals surface area contributed by atoms with Crippen LogP contribution < -0.4 is 26.1 Å². The number of amides is 1. The average molecular weight is 558 g/mol. The minimum absolute atomic E-state index is 0.0359. The quantitative estimate of drug-likeness (QED) is 0.309. The van der Waals surface area contributed by atoms with Gasteiger partial charge in [0.05, 0.1) is 24.3 Å². The molecule has 0 radical (unpaired) electrons. The maximum absolute atomic E-state index is 15.9. The van der Waals surface area contributed by atoms with Gasteiger partial charge in [0.15, 0.2) is 17.3 Å². The maximum Gasteiger partial charge on any atom is 0.256 e. The van der Waals surface area contributed by atoms with Gasteiger partial charge in [-0.1, -0.05) is 30.3 Å². The zero-order valence-corrected chi connectivity index (χ0v) is 22.7. The molecule has 41 heavy (non-hydrogen) atoms. The van der Waals surface area contributed by atoms with Gasteiger partial charge in [-0.25, -0.2) is 4.39 Å². The van der Waals surface area contributed by atoms with E-state index in [4.69, 9.17) is 15.2 Å². The Kier molecular flexibility index (Phi) is 6.61. The highest BCUT2D eigenvalue weighted by Crippen LogP contribution is 2.49. The Hall–Kier alpha value is -3.99. The predicted molar refractivity (Wildman–Crippen MR) is 156 cm³/mol. The van der Waals surface area contributed by atoms with Crippen LogP contribution in [-0.4, -0.2) is 73.9 Å². The van der Waals surface area contributed by atoms with Crippen molar-refractivity contribution in [1.29, 1.82) is 0 Å². The molecule has 0 spiro atoms. The van der Waals surface area contributed by atoms with Gasteiger partial charge in [0, 0.05) is 50.3 Å². The molecule has 2 saturated heterocycles. The molecule has 3 aliphatic rings. The summed E-state index contributed by atoms with van der Waals surface area (Å²) in [6, 6.07) is 12.8. The molecule has 3 aliphatic heterocycles. The lowest BCUT2D eigenvalue weighted by Gasteiger charge is -2.30. The number of ether oxygens (including phenoxy) is 2. The molecule has 0 saturated carbocycles. The summed E-state index contributed by atoms with van der Waals surface area (Å²) < 4.78 is 29.6. The molecule has 0 unspecified atom stereocenters. The van der Waals surface area contributed by atoms with Crippen LogP contribution in [0.5, 0.6) is 11.5 Å². The lowest BCUT2D eigenvalue weighted by molar-refractivity contribution is 0.0374. The van der Waals surface area contributed by atoms with Gasteiger partial charge < -0.3 is 30.0 Å². The van der Waals surface area contributed by atoms with Crippen molar-refractivity contribution in [3.8, 4) is 17.2 Å². The number of carbonyl (C=O) groups is 1. The first-order valence-corrected chi connectivity index (χ1v) is 14.2. The summed E-state index contributed by atoms with van der Waals surface area (Å²) in [5.41, 5.74) is 7.02. The fourth-order valence-corrected chi connectivity index (χ4v) is 6.20. The Labute approximate surface area is 236 Å². The molecular weight excluding hydrogens is 525 g/mol. The molecule has 2 fully saturated rings. The third kappa shape index (κ3) is 4.52. The molecule has 4 heterocycles. The number of hydrogen-bond acceptors (Lipinski definition) is 7. The lowest BCUT2D eigenvalue weighted by Crippen LogP contribution is -2.38. The number of nitrogens with zero attached hydrogens (tertiary/aromatic N) is 3. The average Bonchev–Trinajstić information content (AvgIpc) is 3.42. The molecule has 1 atom stereocenters. The SMILES string of the molecule is N[C@@H]1CCN(c2c(F)cc3c(=O)c(C(=O)NCCCN4CCOCC4)cn4c3c2Oc2c-4ccc3ccccc23)C1. The molecule has 3 N–H and O–H groups in total. The predicted octanol–water partition coefficient (Wildman–Crippen LogP) is 3.38. The molecule has 4 aromatic rings. The lowest BCUT2D eigenvalue weighted by atomic mass is 10.0. The Bertz CT molecular complexity index is 1730. The summed E-state index contributed by atoms with van der Waals surface area (Å²) >= 11 is 0. The third-order valence-electron chi connectivity index (χ3n) is 8.32. The molecule has 1 aromatic heterocycles. The van der Waals surface area contributed by atoms with Gasteiger partial charge >= 0.3 is 0 Å². The van der Waals surface area contributed by atoms with Crippen LogP contribution in [0.25, 0.3) is 27.4 Å². The van der Waals surface area contributed by atoms with E-state index in [2.05, 4.69) is 10.2 Å². The van der Waals surface area contributed by atoms with Crippen molar-refractivity contribution in [3.05, 3.63) is 70.3 Å². The Balaban J connectivity index is 1.32. The van der Waals surface area contributed by atoms with Crippen molar-refractivity contribution >= 4 is 33.3 Å². The van der Waals surface area contributed by atoms with Gasteiger partial charge in [-0.2, -0.15) is 0 Å². The molecular formula is C31H32FN5O4. The van der Waals surface area contributed by atoms with Crippen LogP contribution in [0, 0.1) is 5.82 Å². The maximum atomic E-state index is 15.9. The second kappa shape index (κ2) is 10.4. The highest BCUT2D eigenvalue weighted by Gasteiger charge is 2.33. The number of nitrogens with two attached hydrogens (primary N) is 1. The second-order valence-corrected chi connectivity index (χ2v) is 11.0. The monoisotopic (exact) mass is 557 g/mol. The van der Waals surface area contributed by atoms with Crippen LogP contribution in [0.2, 0.25) is 0 Å². The van der Waals surface area contributed by atoms with Crippen LogP contribution in [0.1, 0.15) is 23.2 Å². The largest absolute Gasteiger partial charge is 0.450 e. The number of halogens is 1. The molecule has 0 aliphatic carbocycles. The summed E-state index contributed by atoms with van der Waals surface area (Å²) in [5.74, 6) is -0.231. The van der Waals surface area contributed by atoms with Crippen LogP contribution in [0.15, 0.2) is 53.5 Å². The van der Waals surface area contributed by atoms with E-state index in [1.807, 2.05) is 41.3 Å². The smallest absolute Gasteiger partial charge is 0.256 e. The normalized spacial score (nSPS) is 18.5. The fourth-order valence-electron chi connectivity index (χ4n) is 6.20. The van der Waals surface area contributed by atoms with E-state index >= 15 is 4.39 Å². The number of aromatic nitrogens is 1. The number of rotatable bonds is 6. The van der Waals surface area contributed by atoms with Crippen LogP contribution in [0.4, 0.5) is 10.1 Å². The number of nitrogens with one attached hydrogen (secondary N) is 1.